The molecule has 0 saturated carbocycles. The summed E-state index contributed by atoms with van der Waals surface area (Å²) < 4.78 is 0. The van der Waals surface area contributed by atoms with Crippen molar-refractivity contribution in [3.63, 3.8) is 0 Å². The maximum atomic E-state index is 11.2. The van der Waals surface area contributed by atoms with Gasteiger partial charge in [-0.25, -0.2) is 5.48 Å². The topological polar surface area (TPSA) is 66.4 Å². The highest BCUT2D eigenvalue weighted by Gasteiger charge is 2.11. The van der Waals surface area contributed by atoms with E-state index in [-0.39, 0.29) is 6.42 Å². The van der Waals surface area contributed by atoms with Crippen LogP contribution in [-0.2, 0) is 16.0 Å². The first kappa shape index (κ1) is 16.2. The average molecular weight is 299 g/mol. The van der Waals surface area contributed by atoms with Gasteiger partial charge < -0.3 is 0 Å². The van der Waals surface area contributed by atoms with E-state index in [0.29, 0.717) is 6.42 Å². The minimum Gasteiger partial charge on any atom is -0.289 e. The van der Waals surface area contributed by atoms with Crippen LogP contribution in [0, 0.1) is 0 Å². The summed E-state index contributed by atoms with van der Waals surface area (Å²) in [4.78, 5) is 22.0. The molecule has 0 aliphatic carbocycles. The largest absolute Gasteiger partial charge is 0.310 e. The molecule has 0 aliphatic heterocycles. The fraction of sp³-hybridized carbons (Fsp3) is 0.333. The van der Waals surface area contributed by atoms with Crippen LogP contribution in [0.15, 0.2) is 42.5 Å². The van der Waals surface area contributed by atoms with Crippen molar-refractivity contribution in [3.05, 3.63) is 48.0 Å². The Labute approximate surface area is 130 Å². The smallest absolute Gasteiger partial charge is 0.289 e. The van der Waals surface area contributed by atoms with E-state index in [1.54, 1.807) is 0 Å². The molecule has 0 saturated heterocycles. The van der Waals surface area contributed by atoms with E-state index in [4.69, 9.17) is 5.21 Å². The highest BCUT2D eigenvalue weighted by Crippen LogP contribution is 2.17. The van der Waals surface area contributed by atoms with Crippen LogP contribution in [0.25, 0.3) is 10.8 Å². The zero-order valence-electron chi connectivity index (χ0n) is 12.5. The van der Waals surface area contributed by atoms with Gasteiger partial charge in [0.2, 0.25) is 5.78 Å². The van der Waals surface area contributed by atoms with E-state index in [1.807, 2.05) is 12.1 Å². The second-order valence-electron chi connectivity index (χ2n) is 5.46. The van der Waals surface area contributed by atoms with Crippen LogP contribution in [0.1, 0.15) is 37.7 Å². The van der Waals surface area contributed by atoms with Crippen LogP contribution in [-0.4, -0.2) is 16.9 Å². The SMILES string of the molecule is O=C(CCCCCCc1ccc2ccccc2c1)C(=O)NO. The first-order chi connectivity index (χ1) is 10.7. The molecule has 0 heterocycles. The van der Waals surface area contributed by atoms with Crippen LogP contribution < -0.4 is 5.48 Å². The second kappa shape index (κ2) is 8.29. The van der Waals surface area contributed by atoms with Gasteiger partial charge in [-0.3, -0.25) is 14.8 Å². The molecule has 0 spiro atoms. The van der Waals surface area contributed by atoms with Crippen molar-refractivity contribution in [2.24, 2.45) is 0 Å². The Kier molecular flexibility index (Phi) is 6.10. The number of fused-ring (bicyclic) bond motifs is 1. The fourth-order valence-electron chi connectivity index (χ4n) is 2.54. The van der Waals surface area contributed by atoms with Crippen LogP contribution in [0.4, 0.5) is 0 Å². The van der Waals surface area contributed by atoms with Crippen molar-refractivity contribution in [3.8, 4) is 0 Å². The number of ketones is 1. The molecule has 2 N–H and O–H groups in total. The highest BCUT2D eigenvalue weighted by molar-refractivity contribution is 6.35. The van der Waals surface area contributed by atoms with E-state index in [0.717, 1.165) is 25.7 Å². The van der Waals surface area contributed by atoms with Crippen molar-refractivity contribution < 1.29 is 14.8 Å². The summed E-state index contributed by atoms with van der Waals surface area (Å²) in [5, 5.41) is 10.8. The van der Waals surface area contributed by atoms with Gasteiger partial charge in [0.15, 0.2) is 0 Å². The average Bonchev–Trinajstić information content (AvgIpc) is 2.56. The van der Waals surface area contributed by atoms with Crippen LogP contribution in [0.2, 0.25) is 0 Å². The molecule has 1 amide bonds. The predicted molar refractivity (Wildman–Crippen MR) is 85.7 cm³/mol. The van der Waals surface area contributed by atoms with Gasteiger partial charge >= 0.3 is 5.91 Å². The number of hydrogen-bond donors (Lipinski definition) is 2. The van der Waals surface area contributed by atoms with E-state index in [2.05, 4.69) is 30.3 Å². The fourth-order valence-corrected chi connectivity index (χ4v) is 2.54. The minimum atomic E-state index is -0.920. The van der Waals surface area contributed by atoms with Crippen LogP contribution >= 0.6 is 0 Å². The molecular formula is C18H21NO3. The molecule has 2 aromatic rings. The Morgan fingerprint density at radius 3 is 2.41 bits per heavy atom. The molecule has 2 aromatic carbocycles. The highest BCUT2D eigenvalue weighted by atomic mass is 16.5. The Balaban J connectivity index is 1.68. The lowest BCUT2D eigenvalue weighted by molar-refractivity contribution is -0.143. The van der Waals surface area contributed by atoms with Crippen molar-refractivity contribution >= 4 is 22.5 Å². The Morgan fingerprint density at radius 2 is 1.64 bits per heavy atom. The molecule has 0 radical (unpaired) electrons. The third-order valence-corrected chi connectivity index (χ3v) is 3.79. The summed E-state index contributed by atoms with van der Waals surface area (Å²) in [6.45, 7) is 0. The van der Waals surface area contributed by atoms with E-state index < -0.39 is 11.7 Å². The predicted octanol–water partition coefficient (Wildman–Crippen LogP) is 3.41. The Morgan fingerprint density at radius 1 is 0.909 bits per heavy atom. The molecule has 0 bridgehead atoms. The zero-order valence-corrected chi connectivity index (χ0v) is 12.5. The van der Waals surface area contributed by atoms with Gasteiger partial charge in [0, 0.05) is 6.42 Å². The Bertz CT molecular complexity index is 652. The third-order valence-electron chi connectivity index (χ3n) is 3.79. The lowest BCUT2D eigenvalue weighted by Crippen LogP contribution is -2.27. The van der Waals surface area contributed by atoms with Crippen molar-refractivity contribution in [1.82, 2.24) is 5.48 Å². The lowest BCUT2D eigenvalue weighted by atomic mass is 10.0. The summed E-state index contributed by atoms with van der Waals surface area (Å²) in [5.74, 6) is -1.48. The molecule has 116 valence electrons. The number of hydroxylamine groups is 1. The molecule has 0 fully saturated rings. The van der Waals surface area contributed by atoms with E-state index in [1.165, 1.54) is 21.8 Å². The zero-order chi connectivity index (χ0) is 15.8. The molecule has 0 atom stereocenters. The summed E-state index contributed by atoms with van der Waals surface area (Å²) in [5.41, 5.74) is 2.69. The number of unbranched alkanes of at least 4 members (excludes halogenated alkanes) is 3. The normalized spacial score (nSPS) is 10.6. The van der Waals surface area contributed by atoms with Crippen molar-refractivity contribution in [2.75, 3.05) is 0 Å². The third kappa shape index (κ3) is 4.67. The van der Waals surface area contributed by atoms with Gasteiger partial charge in [0.05, 0.1) is 0 Å². The number of carbonyl (C=O) groups is 2. The molecular weight excluding hydrogens is 278 g/mol. The van der Waals surface area contributed by atoms with Gasteiger partial charge in [-0.1, -0.05) is 55.3 Å². The number of amides is 1. The second-order valence-corrected chi connectivity index (χ2v) is 5.46. The van der Waals surface area contributed by atoms with Gasteiger partial charge in [-0.15, -0.1) is 0 Å². The molecule has 4 nitrogen and oxygen atoms in total. The number of rotatable bonds is 8. The van der Waals surface area contributed by atoms with Crippen LogP contribution in [0.3, 0.4) is 0 Å². The molecule has 4 heteroatoms. The minimum absolute atomic E-state index is 0.197. The molecule has 22 heavy (non-hydrogen) atoms. The van der Waals surface area contributed by atoms with Gasteiger partial charge in [-0.2, -0.15) is 0 Å². The van der Waals surface area contributed by atoms with Gasteiger partial charge in [0.25, 0.3) is 0 Å². The van der Waals surface area contributed by atoms with Gasteiger partial charge in [-0.05, 0) is 35.6 Å². The Hall–Kier alpha value is -2.20. The molecule has 0 unspecified atom stereocenters. The first-order valence-electron chi connectivity index (χ1n) is 7.65. The lowest BCUT2D eigenvalue weighted by Gasteiger charge is -2.04. The summed E-state index contributed by atoms with van der Waals surface area (Å²) in [7, 11) is 0. The summed E-state index contributed by atoms with van der Waals surface area (Å²) >= 11 is 0. The van der Waals surface area contributed by atoms with Crippen molar-refractivity contribution in [1.29, 1.82) is 0 Å². The quantitative estimate of drug-likeness (QED) is 0.340. The molecule has 0 aromatic heterocycles. The number of aryl methyl sites for hydroxylation is 1. The maximum absolute atomic E-state index is 11.2. The summed E-state index contributed by atoms with van der Waals surface area (Å²) in [6.07, 6.45) is 4.92. The molecule has 2 rings (SSSR count). The maximum Gasteiger partial charge on any atom is 0.310 e. The van der Waals surface area contributed by atoms with E-state index in [9.17, 15) is 9.59 Å². The van der Waals surface area contributed by atoms with Gasteiger partial charge in [0.1, 0.15) is 0 Å². The summed E-state index contributed by atoms with van der Waals surface area (Å²) in [6, 6.07) is 14.9. The monoisotopic (exact) mass is 299 g/mol. The number of benzene rings is 2. The number of Topliss-reactive ketones (excluding diaryl/α,β-unsaturated/α-hetero) is 1. The standard InChI is InChI=1S/C18H21NO3/c20-17(18(21)19-22)10-4-2-1-3-7-14-11-12-15-8-5-6-9-16(15)13-14/h5-6,8-9,11-13,22H,1-4,7,10H2,(H,19,21). The first-order valence-corrected chi connectivity index (χ1v) is 7.65. The number of nitrogens with one attached hydrogen (secondary N) is 1. The van der Waals surface area contributed by atoms with Crippen LogP contribution in [0.5, 0.6) is 0 Å². The van der Waals surface area contributed by atoms with Crippen molar-refractivity contribution in [2.45, 2.75) is 38.5 Å². The van der Waals surface area contributed by atoms with E-state index >= 15 is 0 Å². The molecule has 0 aliphatic rings. The number of carbonyl (C=O) groups excluding carboxylic acids is 2. The number of hydrogen-bond acceptors (Lipinski definition) is 3.